The Morgan fingerprint density at radius 2 is 1.77 bits per heavy atom. The molecular weight excluding hydrogens is 512 g/mol. The van der Waals surface area contributed by atoms with Crippen LogP contribution in [0.25, 0.3) is 10.8 Å². The van der Waals surface area contributed by atoms with Crippen LogP contribution in [0.1, 0.15) is 82.9 Å². The third-order valence-corrected chi connectivity index (χ3v) is 8.75. The second-order valence-electron chi connectivity index (χ2n) is 11.8. The Kier molecular flexibility index (Phi) is 8.36. The van der Waals surface area contributed by atoms with E-state index in [1.807, 2.05) is 26.0 Å². The summed E-state index contributed by atoms with van der Waals surface area (Å²) in [6.45, 7) is 3.69. The second kappa shape index (κ2) is 11.6. The lowest BCUT2D eigenvalue weighted by atomic mass is 9.78. The van der Waals surface area contributed by atoms with E-state index in [4.69, 9.17) is 9.47 Å². The van der Waals surface area contributed by atoms with E-state index in [9.17, 15) is 22.4 Å². The molecule has 3 aliphatic rings. The first-order valence-electron chi connectivity index (χ1n) is 14.3. The summed E-state index contributed by atoms with van der Waals surface area (Å²) in [6, 6.07) is 6.22. The number of ether oxygens (including phenoxy) is 2. The van der Waals surface area contributed by atoms with E-state index in [-0.39, 0.29) is 36.9 Å². The first-order valence-corrected chi connectivity index (χ1v) is 14.3. The molecule has 214 valence electrons. The molecule has 2 bridgehead atoms. The minimum absolute atomic E-state index is 0.0375. The molecule has 1 aromatic heterocycles. The number of aromatic nitrogens is 1. The van der Waals surface area contributed by atoms with Crippen LogP contribution in [0, 0.1) is 11.8 Å². The number of esters is 1. The van der Waals surface area contributed by atoms with Gasteiger partial charge in [-0.2, -0.15) is 13.2 Å². The maximum absolute atomic E-state index is 14.2. The summed E-state index contributed by atoms with van der Waals surface area (Å²) in [5.74, 6) is -1.04. The van der Waals surface area contributed by atoms with Crippen LogP contribution in [0.5, 0.6) is 5.75 Å². The molecule has 1 aliphatic carbocycles. The lowest BCUT2D eigenvalue weighted by Crippen LogP contribution is -2.53. The first kappa shape index (κ1) is 28.1. The quantitative estimate of drug-likeness (QED) is 0.268. The number of hydrogen-bond donors (Lipinski definition) is 0. The van der Waals surface area contributed by atoms with E-state index in [0.717, 1.165) is 43.2 Å². The van der Waals surface area contributed by atoms with Gasteiger partial charge in [0.25, 0.3) is 0 Å². The summed E-state index contributed by atoms with van der Waals surface area (Å²) in [4.78, 5) is 19.7. The van der Waals surface area contributed by atoms with Crippen molar-refractivity contribution in [3.63, 3.8) is 0 Å². The normalized spacial score (nSPS) is 28.0. The topological polar surface area (TPSA) is 51.7 Å². The van der Waals surface area contributed by atoms with Gasteiger partial charge < -0.3 is 9.47 Å². The molecule has 2 saturated heterocycles. The number of fused-ring (bicyclic) bond motifs is 3. The number of benzene rings is 1. The minimum atomic E-state index is -4.17. The number of hydrogen-bond acceptors (Lipinski definition) is 5. The average Bonchev–Trinajstić information content (AvgIpc) is 2.88. The molecule has 3 heterocycles. The molecule has 5 nitrogen and oxygen atoms in total. The smallest absolute Gasteiger partial charge is 0.391 e. The molecular formula is C30H38F4N2O3. The van der Waals surface area contributed by atoms with Gasteiger partial charge in [-0.1, -0.05) is 12.5 Å². The van der Waals surface area contributed by atoms with Crippen LogP contribution >= 0.6 is 0 Å². The monoisotopic (exact) mass is 550 g/mol. The SMILES string of the molecule is CC(C)OC(=O)C1CC2CCCC(C1)N2Cc1cc2ccc(O[C@H]3CC[C@@H](C(F)(F)F)CC3)c(CF)c2cn1. The standard InChI is InChI=1S/C30H38F4N2O3/c1-18(2)38-29(37)20-13-23-4-3-5-24(14-20)36(23)17-22-12-19-6-11-28(26(15-31)27(19)16-35-22)39-25-9-7-21(8-10-25)30(32,33)34/h6,11-12,16,18,20-21,23-25H,3-5,7-10,13-15,17H2,1-2H3/t20?,21-,23?,24?,25+. The van der Waals surface area contributed by atoms with Crippen LogP contribution in [0.3, 0.4) is 0 Å². The van der Waals surface area contributed by atoms with Gasteiger partial charge >= 0.3 is 12.1 Å². The summed E-state index contributed by atoms with van der Waals surface area (Å²) in [5.41, 5.74) is 1.29. The van der Waals surface area contributed by atoms with Crippen molar-refractivity contribution in [2.45, 2.75) is 115 Å². The van der Waals surface area contributed by atoms with Gasteiger partial charge in [0.15, 0.2) is 0 Å². The minimum Gasteiger partial charge on any atom is -0.490 e. The molecule has 2 aromatic rings. The molecule has 39 heavy (non-hydrogen) atoms. The van der Waals surface area contributed by atoms with E-state index < -0.39 is 18.8 Å². The average molecular weight is 551 g/mol. The summed E-state index contributed by atoms with van der Waals surface area (Å²) in [5, 5.41) is 1.53. The van der Waals surface area contributed by atoms with Gasteiger partial charge in [0.2, 0.25) is 0 Å². The highest BCUT2D eigenvalue weighted by Gasteiger charge is 2.43. The molecule has 5 rings (SSSR count). The first-order chi connectivity index (χ1) is 18.6. The van der Waals surface area contributed by atoms with E-state index >= 15 is 0 Å². The molecule has 2 aliphatic heterocycles. The molecule has 1 aromatic carbocycles. The van der Waals surface area contributed by atoms with E-state index in [2.05, 4.69) is 9.88 Å². The predicted molar refractivity (Wildman–Crippen MR) is 140 cm³/mol. The lowest BCUT2D eigenvalue weighted by Gasteiger charge is -2.48. The molecule has 3 fully saturated rings. The highest BCUT2D eigenvalue weighted by Crippen LogP contribution is 2.41. The van der Waals surface area contributed by atoms with Crippen molar-refractivity contribution >= 4 is 16.7 Å². The van der Waals surface area contributed by atoms with E-state index in [0.29, 0.717) is 48.2 Å². The van der Waals surface area contributed by atoms with Gasteiger partial charge in [0.1, 0.15) is 12.4 Å². The zero-order valence-electron chi connectivity index (χ0n) is 22.7. The molecule has 1 saturated carbocycles. The van der Waals surface area contributed by atoms with Gasteiger partial charge in [-0.05, 0) is 82.7 Å². The van der Waals surface area contributed by atoms with Crippen molar-refractivity contribution in [3.05, 3.63) is 35.7 Å². The van der Waals surface area contributed by atoms with Crippen molar-refractivity contribution < 1.29 is 31.8 Å². The Hall–Kier alpha value is -2.42. The summed E-state index contributed by atoms with van der Waals surface area (Å²) < 4.78 is 64.7. The Labute approximate surface area is 227 Å². The zero-order chi connectivity index (χ0) is 27.7. The van der Waals surface area contributed by atoms with E-state index in [1.165, 1.54) is 0 Å². The maximum Gasteiger partial charge on any atom is 0.391 e. The largest absolute Gasteiger partial charge is 0.490 e. The van der Waals surface area contributed by atoms with Gasteiger partial charge in [-0.15, -0.1) is 0 Å². The number of rotatable bonds is 7. The Morgan fingerprint density at radius 3 is 2.38 bits per heavy atom. The highest BCUT2D eigenvalue weighted by molar-refractivity contribution is 5.87. The molecule has 0 radical (unpaired) electrons. The third-order valence-electron chi connectivity index (χ3n) is 8.75. The molecule has 0 N–H and O–H groups in total. The third kappa shape index (κ3) is 6.34. The Balaban J connectivity index is 1.27. The van der Waals surface area contributed by atoms with Crippen LogP contribution in [-0.4, -0.2) is 46.3 Å². The molecule has 0 spiro atoms. The van der Waals surface area contributed by atoms with Gasteiger partial charge in [0, 0.05) is 35.8 Å². The lowest BCUT2D eigenvalue weighted by molar-refractivity contribution is -0.185. The maximum atomic E-state index is 14.2. The van der Waals surface area contributed by atoms with Crippen molar-refractivity contribution in [2.24, 2.45) is 11.8 Å². The van der Waals surface area contributed by atoms with Crippen molar-refractivity contribution in [1.82, 2.24) is 9.88 Å². The van der Waals surface area contributed by atoms with Crippen LogP contribution in [0.15, 0.2) is 24.4 Å². The molecule has 2 atom stereocenters. The van der Waals surface area contributed by atoms with Gasteiger partial charge in [-0.25, -0.2) is 4.39 Å². The van der Waals surface area contributed by atoms with Gasteiger partial charge in [0.05, 0.1) is 29.7 Å². The number of nitrogens with zero attached hydrogens (tertiary/aromatic N) is 2. The van der Waals surface area contributed by atoms with Crippen LogP contribution in [0.4, 0.5) is 17.6 Å². The van der Waals surface area contributed by atoms with Crippen LogP contribution in [-0.2, 0) is 22.8 Å². The zero-order valence-corrected chi connectivity index (χ0v) is 22.7. The Morgan fingerprint density at radius 1 is 1.08 bits per heavy atom. The fraction of sp³-hybridized carbons (Fsp3) is 0.667. The molecule has 2 unspecified atom stereocenters. The number of piperidine rings is 2. The fourth-order valence-electron chi connectivity index (χ4n) is 6.77. The number of pyridine rings is 1. The number of carbonyl (C=O) groups excluding carboxylic acids is 1. The van der Waals surface area contributed by atoms with Crippen molar-refractivity contribution in [1.29, 1.82) is 0 Å². The van der Waals surface area contributed by atoms with Gasteiger partial charge in [-0.3, -0.25) is 14.7 Å². The fourth-order valence-corrected chi connectivity index (χ4v) is 6.77. The van der Waals surface area contributed by atoms with Crippen molar-refractivity contribution in [2.75, 3.05) is 0 Å². The van der Waals surface area contributed by atoms with Crippen LogP contribution < -0.4 is 4.74 Å². The summed E-state index contributed by atoms with van der Waals surface area (Å²) >= 11 is 0. The Bertz CT molecular complexity index is 1150. The van der Waals surface area contributed by atoms with E-state index in [1.54, 1.807) is 12.3 Å². The molecule has 0 amide bonds. The highest BCUT2D eigenvalue weighted by atomic mass is 19.4. The predicted octanol–water partition coefficient (Wildman–Crippen LogP) is 7.29. The number of halogens is 4. The second-order valence-corrected chi connectivity index (χ2v) is 11.8. The van der Waals surface area contributed by atoms with Crippen LogP contribution in [0.2, 0.25) is 0 Å². The summed E-state index contributed by atoms with van der Waals surface area (Å²) in [7, 11) is 0. The number of alkyl halides is 4. The molecule has 9 heteroatoms. The van der Waals surface area contributed by atoms with Crippen molar-refractivity contribution in [3.8, 4) is 5.75 Å². The number of carbonyl (C=O) groups is 1. The summed E-state index contributed by atoms with van der Waals surface area (Å²) in [6.07, 6.45) is 2.60.